The number of hydrazine groups is 1. The smallest absolute Gasteiger partial charge is 0.414 e. The van der Waals surface area contributed by atoms with Gasteiger partial charge in [0, 0.05) is 19.0 Å². The number of nitrogens with zero attached hydrogens (tertiary/aromatic N) is 3. The van der Waals surface area contributed by atoms with Crippen LogP contribution in [0, 0.1) is 12.7 Å². The van der Waals surface area contributed by atoms with Gasteiger partial charge in [-0.2, -0.15) is 0 Å². The number of hydrogen-bond acceptors (Lipinski definition) is 8. The third kappa shape index (κ3) is 5.78. The van der Waals surface area contributed by atoms with Crippen molar-refractivity contribution in [2.45, 2.75) is 26.5 Å². The van der Waals surface area contributed by atoms with Crippen LogP contribution in [0.3, 0.4) is 0 Å². The molecule has 1 aliphatic rings. The summed E-state index contributed by atoms with van der Waals surface area (Å²) in [4.78, 5) is 37.1. The molecule has 1 atom stereocenters. The molecule has 10 nitrogen and oxygen atoms in total. The first kappa shape index (κ1) is 24.2. The lowest BCUT2D eigenvalue weighted by Crippen LogP contribution is -2.36. The summed E-state index contributed by atoms with van der Waals surface area (Å²) in [5, 5.41) is 6.41. The molecule has 3 N–H and O–H groups in total. The second kappa shape index (κ2) is 10.6. The Labute approximate surface area is 204 Å². The number of carbonyl (C=O) groups excluding carboxylic acids is 3. The molecule has 35 heavy (non-hydrogen) atoms. The van der Waals surface area contributed by atoms with Gasteiger partial charge in [0.25, 0.3) is 5.91 Å². The van der Waals surface area contributed by atoms with Crippen molar-refractivity contribution >= 4 is 35.1 Å². The number of carbonyl (C=O) groups is 3. The molecule has 1 aliphatic heterocycles. The average molecular weight is 499 g/mol. The molecular weight excluding hydrogens is 475 g/mol. The fourth-order valence-electron chi connectivity index (χ4n) is 3.53. The number of nitrogens with one attached hydrogen (secondary N) is 3. The Kier molecular flexibility index (Phi) is 7.32. The molecular formula is C23H23FN6O4S. The van der Waals surface area contributed by atoms with Crippen molar-refractivity contribution < 1.29 is 23.5 Å². The Bertz CT molecular complexity index is 1250. The van der Waals surface area contributed by atoms with Crippen LogP contribution in [0.2, 0.25) is 0 Å². The highest BCUT2D eigenvalue weighted by Crippen LogP contribution is 2.29. The zero-order valence-electron chi connectivity index (χ0n) is 19.0. The van der Waals surface area contributed by atoms with Crippen molar-refractivity contribution in [3.8, 4) is 11.1 Å². The summed E-state index contributed by atoms with van der Waals surface area (Å²) in [5.41, 5.74) is 8.34. The zero-order valence-corrected chi connectivity index (χ0v) is 19.8. The molecule has 4 rings (SSSR count). The molecule has 3 amide bonds. The number of ether oxygens (including phenoxy) is 1. The van der Waals surface area contributed by atoms with E-state index in [1.54, 1.807) is 31.2 Å². The van der Waals surface area contributed by atoms with E-state index >= 15 is 0 Å². The second-order valence-corrected chi connectivity index (χ2v) is 8.66. The molecule has 2 heterocycles. The van der Waals surface area contributed by atoms with Crippen molar-refractivity contribution in [1.82, 2.24) is 25.8 Å². The fraction of sp³-hybridized carbons (Fsp3) is 0.261. The van der Waals surface area contributed by atoms with E-state index in [-0.39, 0.29) is 24.9 Å². The van der Waals surface area contributed by atoms with Crippen LogP contribution in [-0.2, 0) is 16.1 Å². The molecule has 0 aliphatic carbocycles. The van der Waals surface area contributed by atoms with Gasteiger partial charge in [0.1, 0.15) is 16.8 Å². The van der Waals surface area contributed by atoms with Crippen molar-refractivity contribution in [3.05, 3.63) is 64.4 Å². The van der Waals surface area contributed by atoms with E-state index in [1.165, 1.54) is 17.9 Å². The van der Waals surface area contributed by atoms with Crippen molar-refractivity contribution in [1.29, 1.82) is 0 Å². The van der Waals surface area contributed by atoms with Crippen LogP contribution in [-0.4, -0.2) is 46.7 Å². The third-order valence-corrected chi connectivity index (χ3v) is 6.16. The summed E-state index contributed by atoms with van der Waals surface area (Å²) in [6.07, 6.45) is -1.08. The monoisotopic (exact) mass is 498 g/mol. The number of amides is 3. The molecule has 0 radical (unpaired) electrons. The highest BCUT2D eigenvalue weighted by molar-refractivity contribution is 7.07. The SMILES string of the molecule is CC(=O)NC[C@H]1CN(c2ccc(-c3ccc(CNNC(=O)c4snnc4C)cc3)c(F)c2)C(=O)O1. The van der Waals surface area contributed by atoms with Gasteiger partial charge in [-0.25, -0.2) is 14.6 Å². The quantitative estimate of drug-likeness (QED) is 0.408. The third-order valence-electron chi connectivity index (χ3n) is 5.33. The number of aryl methyl sites for hydroxylation is 1. The molecule has 12 heteroatoms. The van der Waals surface area contributed by atoms with Gasteiger partial charge in [-0.05, 0) is 47.8 Å². The molecule has 3 aromatic rings. The number of halogens is 1. The van der Waals surface area contributed by atoms with Crippen LogP contribution in [0.15, 0.2) is 42.5 Å². The summed E-state index contributed by atoms with van der Waals surface area (Å²) >= 11 is 1.02. The maximum Gasteiger partial charge on any atom is 0.414 e. The summed E-state index contributed by atoms with van der Waals surface area (Å²) in [6.45, 7) is 3.88. The summed E-state index contributed by atoms with van der Waals surface area (Å²) < 4.78 is 23.9. The van der Waals surface area contributed by atoms with Crippen LogP contribution in [0.5, 0.6) is 0 Å². The molecule has 1 fully saturated rings. The Morgan fingerprint density at radius 3 is 2.66 bits per heavy atom. The molecule has 1 saturated heterocycles. The van der Waals surface area contributed by atoms with E-state index < -0.39 is 18.0 Å². The second-order valence-electron chi connectivity index (χ2n) is 7.91. The van der Waals surface area contributed by atoms with Gasteiger partial charge in [0.2, 0.25) is 5.91 Å². The highest BCUT2D eigenvalue weighted by Gasteiger charge is 2.32. The van der Waals surface area contributed by atoms with Crippen LogP contribution in [0.25, 0.3) is 11.1 Å². The van der Waals surface area contributed by atoms with Gasteiger partial charge in [-0.15, -0.1) is 5.10 Å². The number of cyclic esters (lactones) is 1. The van der Waals surface area contributed by atoms with Gasteiger partial charge in [-0.3, -0.25) is 19.9 Å². The molecule has 0 spiro atoms. The molecule has 2 aromatic carbocycles. The molecule has 182 valence electrons. The predicted octanol–water partition coefficient (Wildman–Crippen LogP) is 2.55. The average Bonchev–Trinajstić information content (AvgIpc) is 3.43. The number of hydrogen-bond donors (Lipinski definition) is 3. The van der Waals surface area contributed by atoms with Gasteiger partial charge in [0.15, 0.2) is 0 Å². The maximum atomic E-state index is 14.9. The van der Waals surface area contributed by atoms with E-state index in [9.17, 15) is 18.8 Å². The van der Waals surface area contributed by atoms with E-state index in [0.29, 0.717) is 33.9 Å². The Hall–Kier alpha value is -3.90. The summed E-state index contributed by atoms with van der Waals surface area (Å²) in [6, 6.07) is 11.8. The van der Waals surface area contributed by atoms with Crippen LogP contribution < -0.4 is 21.1 Å². The lowest BCUT2D eigenvalue weighted by molar-refractivity contribution is -0.119. The topological polar surface area (TPSA) is 126 Å². The summed E-state index contributed by atoms with van der Waals surface area (Å²) in [5.74, 6) is -1.00. The van der Waals surface area contributed by atoms with Gasteiger partial charge >= 0.3 is 6.09 Å². The van der Waals surface area contributed by atoms with E-state index in [2.05, 4.69) is 25.8 Å². The Morgan fingerprint density at radius 1 is 1.23 bits per heavy atom. The molecule has 0 unspecified atom stereocenters. The largest absolute Gasteiger partial charge is 0.442 e. The van der Waals surface area contributed by atoms with Gasteiger partial charge < -0.3 is 10.1 Å². The Morgan fingerprint density at radius 2 is 2.00 bits per heavy atom. The minimum Gasteiger partial charge on any atom is -0.442 e. The number of rotatable bonds is 8. The van der Waals surface area contributed by atoms with E-state index in [0.717, 1.165) is 17.1 Å². The maximum absolute atomic E-state index is 14.9. The van der Waals surface area contributed by atoms with Crippen molar-refractivity contribution in [2.75, 3.05) is 18.0 Å². The lowest BCUT2D eigenvalue weighted by atomic mass is 10.0. The van der Waals surface area contributed by atoms with E-state index in [4.69, 9.17) is 4.74 Å². The normalized spacial score (nSPS) is 15.1. The number of anilines is 1. The lowest BCUT2D eigenvalue weighted by Gasteiger charge is -2.15. The zero-order chi connectivity index (χ0) is 24.9. The molecule has 0 bridgehead atoms. The predicted molar refractivity (Wildman–Crippen MR) is 127 cm³/mol. The van der Waals surface area contributed by atoms with Crippen molar-refractivity contribution in [3.63, 3.8) is 0 Å². The molecule has 1 aromatic heterocycles. The molecule has 0 saturated carbocycles. The Balaban J connectivity index is 1.35. The highest BCUT2D eigenvalue weighted by atomic mass is 32.1. The van der Waals surface area contributed by atoms with Crippen LogP contribution in [0.1, 0.15) is 27.9 Å². The number of aromatic nitrogens is 2. The van der Waals surface area contributed by atoms with Crippen LogP contribution in [0.4, 0.5) is 14.9 Å². The minimum atomic E-state index is -0.585. The summed E-state index contributed by atoms with van der Waals surface area (Å²) in [7, 11) is 0. The fourth-order valence-corrected chi connectivity index (χ4v) is 4.08. The first-order valence-electron chi connectivity index (χ1n) is 10.8. The number of benzene rings is 2. The van der Waals surface area contributed by atoms with E-state index in [1.807, 2.05) is 12.1 Å². The van der Waals surface area contributed by atoms with Crippen molar-refractivity contribution in [2.24, 2.45) is 0 Å². The van der Waals surface area contributed by atoms with Gasteiger partial charge in [-0.1, -0.05) is 28.8 Å². The first-order chi connectivity index (χ1) is 16.8. The minimum absolute atomic E-state index is 0.200. The standard InChI is InChI=1S/C23H23FN6O4S/c1-13-21(35-29-27-13)22(32)28-26-10-15-3-5-16(6-4-15)19-8-7-17(9-20(19)24)30-12-18(34-23(30)33)11-25-14(2)31/h3-9,18,26H,10-12H2,1-2H3,(H,25,31)(H,28,32)/t18-/m0/s1. The van der Waals surface area contributed by atoms with Gasteiger partial charge in [0.05, 0.1) is 24.5 Å². The first-order valence-corrected chi connectivity index (χ1v) is 11.5. The van der Waals surface area contributed by atoms with Crippen LogP contribution >= 0.6 is 11.5 Å².